The van der Waals surface area contributed by atoms with Gasteiger partial charge < -0.3 is 16.0 Å². The Morgan fingerprint density at radius 3 is 2.71 bits per heavy atom. The van der Waals surface area contributed by atoms with Gasteiger partial charge in [-0.05, 0) is 56.4 Å². The van der Waals surface area contributed by atoms with Crippen LogP contribution in [0.25, 0.3) is 0 Å². The van der Waals surface area contributed by atoms with Gasteiger partial charge >= 0.3 is 6.03 Å². The molecule has 0 spiro atoms. The second-order valence-corrected chi connectivity index (χ2v) is 5.69. The van der Waals surface area contributed by atoms with Gasteiger partial charge in [0.15, 0.2) is 0 Å². The van der Waals surface area contributed by atoms with E-state index < -0.39 is 6.03 Å². The zero-order valence-electron chi connectivity index (χ0n) is 12.7. The van der Waals surface area contributed by atoms with E-state index in [-0.39, 0.29) is 11.9 Å². The number of nitrogens with one attached hydrogen (secondary N) is 1. The van der Waals surface area contributed by atoms with Gasteiger partial charge in [0.05, 0.1) is 0 Å². The summed E-state index contributed by atoms with van der Waals surface area (Å²) in [5, 5.41) is 2.62. The number of primary amides is 1. The molecule has 5 nitrogen and oxygen atoms in total. The summed E-state index contributed by atoms with van der Waals surface area (Å²) >= 11 is 0. The van der Waals surface area contributed by atoms with Crippen LogP contribution in [0, 0.1) is 13.8 Å². The SMILES string of the molecule is Cc1ccc(C(=O)N2CCCCC2CNC(N)=O)cc1C. The van der Waals surface area contributed by atoms with E-state index in [4.69, 9.17) is 5.73 Å². The summed E-state index contributed by atoms with van der Waals surface area (Å²) < 4.78 is 0. The number of benzene rings is 1. The molecule has 3 N–H and O–H groups in total. The average molecular weight is 289 g/mol. The molecule has 1 aromatic carbocycles. The van der Waals surface area contributed by atoms with E-state index in [9.17, 15) is 9.59 Å². The van der Waals surface area contributed by atoms with Crippen molar-refractivity contribution in [2.24, 2.45) is 5.73 Å². The van der Waals surface area contributed by atoms with Gasteiger partial charge in [-0.2, -0.15) is 0 Å². The van der Waals surface area contributed by atoms with Gasteiger partial charge in [-0.1, -0.05) is 6.07 Å². The molecule has 1 unspecified atom stereocenters. The van der Waals surface area contributed by atoms with Crippen LogP contribution in [-0.4, -0.2) is 36.0 Å². The average Bonchev–Trinajstić information content (AvgIpc) is 2.47. The van der Waals surface area contributed by atoms with Crippen molar-refractivity contribution in [3.8, 4) is 0 Å². The summed E-state index contributed by atoms with van der Waals surface area (Å²) in [5.74, 6) is 0.0362. The lowest BCUT2D eigenvalue weighted by molar-refractivity contribution is 0.0615. The first-order valence-corrected chi connectivity index (χ1v) is 7.40. The van der Waals surface area contributed by atoms with Crippen molar-refractivity contribution < 1.29 is 9.59 Å². The summed E-state index contributed by atoms with van der Waals surface area (Å²) in [5.41, 5.74) is 8.13. The molecular weight excluding hydrogens is 266 g/mol. The van der Waals surface area contributed by atoms with E-state index >= 15 is 0 Å². The predicted octanol–water partition coefficient (Wildman–Crippen LogP) is 1.97. The van der Waals surface area contributed by atoms with Crippen LogP contribution < -0.4 is 11.1 Å². The number of carbonyl (C=O) groups is 2. The van der Waals surface area contributed by atoms with E-state index in [0.29, 0.717) is 12.1 Å². The third kappa shape index (κ3) is 3.74. The maximum absolute atomic E-state index is 12.7. The summed E-state index contributed by atoms with van der Waals surface area (Å²) in [7, 11) is 0. The second kappa shape index (κ2) is 6.61. The number of nitrogens with zero attached hydrogens (tertiary/aromatic N) is 1. The summed E-state index contributed by atoms with van der Waals surface area (Å²) in [6.07, 6.45) is 2.97. The van der Waals surface area contributed by atoms with Crippen molar-refractivity contribution in [3.63, 3.8) is 0 Å². The standard InChI is InChI=1S/C16H23N3O2/c1-11-6-7-13(9-12(11)2)15(20)19-8-4-3-5-14(19)10-18-16(17)21/h6-7,9,14H,3-5,8,10H2,1-2H3,(H3,17,18,21). The fourth-order valence-electron chi connectivity index (χ4n) is 2.74. The molecule has 0 saturated carbocycles. The van der Waals surface area contributed by atoms with Crippen LogP contribution in [-0.2, 0) is 0 Å². The Morgan fingerprint density at radius 1 is 1.29 bits per heavy atom. The van der Waals surface area contributed by atoms with E-state index in [0.717, 1.165) is 31.4 Å². The first kappa shape index (κ1) is 15.4. The highest BCUT2D eigenvalue weighted by molar-refractivity contribution is 5.94. The number of rotatable bonds is 3. The molecule has 1 aliphatic rings. The zero-order valence-corrected chi connectivity index (χ0v) is 12.7. The van der Waals surface area contributed by atoms with Gasteiger partial charge in [-0.15, -0.1) is 0 Å². The molecule has 0 bridgehead atoms. The molecule has 0 radical (unpaired) electrons. The number of urea groups is 1. The molecular formula is C16H23N3O2. The molecule has 1 saturated heterocycles. The van der Waals surface area contributed by atoms with Crippen molar-refractivity contribution in [1.29, 1.82) is 0 Å². The van der Waals surface area contributed by atoms with Gasteiger partial charge in [0, 0.05) is 24.7 Å². The lowest BCUT2D eigenvalue weighted by atomic mass is 9.99. The molecule has 1 heterocycles. The fraction of sp³-hybridized carbons (Fsp3) is 0.500. The molecule has 114 valence electrons. The van der Waals surface area contributed by atoms with Gasteiger partial charge in [0.1, 0.15) is 0 Å². The quantitative estimate of drug-likeness (QED) is 0.892. The van der Waals surface area contributed by atoms with Gasteiger partial charge in [0.2, 0.25) is 0 Å². The first-order valence-electron chi connectivity index (χ1n) is 7.40. The van der Waals surface area contributed by atoms with Crippen LogP contribution in [0.2, 0.25) is 0 Å². The first-order chi connectivity index (χ1) is 9.99. The Bertz CT molecular complexity index is 542. The molecule has 0 aromatic heterocycles. The highest BCUT2D eigenvalue weighted by Gasteiger charge is 2.27. The normalized spacial score (nSPS) is 18.4. The number of hydrogen-bond acceptors (Lipinski definition) is 2. The molecule has 1 fully saturated rings. The lowest BCUT2D eigenvalue weighted by Gasteiger charge is -2.36. The number of carbonyl (C=O) groups excluding carboxylic acids is 2. The van der Waals surface area contributed by atoms with Gasteiger partial charge in [0.25, 0.3) is 5.91 Å². The topological polar surface area (TPSA) is 75.4 Å². The minimum atomic E-state index is -0.542. The summed E-state index contributed by atoms with van der Waals surface area (Å²) in [6, 6.07) is 5.27. The van der Waals surface area contributed by atoms with E-state index in [1.165, 1.54) is 5.56 Å². The second-order valence-electron chi connectivity index (χ2n) is 5.69. The number of nitrogens with two attached hydrogens (primary N) is 1. The molecule has 1 atom stereocenters. The minimum Gasteiger partial charge on any atom is -0.352 e. The maximum atomic E-state index is 12.7. The molecule has 1 aliphatic heterocycles. The number of piperidine rings is 1. The smallest absolute Gasteiger partial charge is 0.312 e. The van der Waals surface area contributed by atoms with Crippen molar-refractivity contribution >= 4 is 11.9 Å². The Morgan fingerprint density at radius 2 is 2.05 bits per heavy atom. The molecule has 5 heteroatoms. The highest BCUT2D eigenvalue weighted by atomic mass is 16.2. The summed E-state index contributed by atoms with van der Waals surface area (Å²) in [4.78, 5) is 25.4. The van der Waals surface area contributed by atoms with Crippen LogP contribution in [0.5, 0.6) is 0 Å². The molecule has 21 heavy (non-hydrogen) atoms. The Kier molecular flexibility index (Phi) is 4.83. The van der Waals surface area contributed by atoms with Crippen molar-refractivity contribution in [1.82, 2.24) is 10.2 Å². The predicted molar refractivity (Wildman–Crippen MR) is 82.2 cm³/mol. The Balaban J connectivity index is 2.13. The third-order valence-electron chi connectivity index (χ3n) is 4.15. The van der Waals surface area contributed by atoms with E-state index in [2.05, 4.69) is 5.32 Å². The van der Waals surface area contributed by atoms with E-state index in [1.807, 2.05) is 36.9 Å². The monoisotopic (exact) mass is 289 g/mol. The highest BCUT2D eigenvalue weighted by Crippen LogP contribution is 2.20. The molecule has 2 rings (SSSR count). The number of amides is 3. The Labute approximate surface area is 125 Å². The van der Waals surface area contributed by atoms with Crippen molar-refractivity contribution in [3.05, 3.63) is 34.9 Å². The van der Waals surface area contributed by atoms with Crippen LogP contribution in [0.15, 0.2) is 18.2 Å². The Hall–Kier alpha value is -2.04. The van der Waals surface area contributed by atoms with Crippen LogP contribution in [0.4, 0.5) is 4.79 Å². The van der Waals surface area contributed by atoms with Crippen molar-refractivity contribution in [2.75, 3.05) is 13.1 Å². The van der Waals surface area contributed by atoms with Gasteiger partial charge in [-0.3, -0.25) is 4.79 Å². The lowest BCUT2D eigenvalue weighted by Crippen LogP contribution is -2.50. The molecule has 3 amide bonds. The minimum absolute atomic E-state index is 0.0281. The van der Waals surface area contributed by atoms with Crippen LogP contribution in [0.3, 0.4) is 0 Å². The molecule has 0 aliphatic carbocycles. The largest absolute Gasteiger partial charge is 0.352 e. The molecule has 1 aromatic rings. The fourth-order valence-corrected chi connectivity index (χ4v) is 2.74. The van der Waals surface area contributed by atoms with E-state index in [1.54, 1.807) is 0 Å². The maximum Gasteiger partial charge on any atom is 0.312 e. The van der Waals surface area contributed by atoms with Crippen molar-refractivity contribution in [2.45, 2.75) is 39.2 Å². The number of likely N-dealkylation sites (tertiary alicyclic amines) is 1. The van der Waals surface area contributed by atoms with Crippen LogP contribution >= 0.6 is 0 Å². The summed E-state index contributed by atoms with van der Waals surface area (Å²) in [6.45, 7) is 5.20. The zero-order chi connectivity index (χ0) is 15.4. The van der Waals surface area contributed by atoms with Gasteiger partial charge in [-0.25, -0.2) is 4.79 Å². The third-order valence-corrected chi connectivity index (χ3v) is 4.15. The van der Waals surface area contributed by atoms with Crippen LogP contribution in [0.1, 0.15) is 40.7 Å². The number of hydrogen-bond donors (Lipinski definition) is 2. The number of aryl methyl sites for hydroxylation is 2.